The van der Waals surface area contributed by atoms with Crippen LogP contribution < -0.4 is 10.6 Å². The van der Waals surface area contributed by atoms with E-state index in [4.69, 9.17) is 0 Å². The Morgan fingerprint density at radius 1 is 1.44 bits per heavy atom. The molecule has 1 saturated carbocycles. The van der Waals surface area contributed by atoms with Crippen molar-refractivity contribution in [3.8, 4) is 0 Å². The average Bonchev–Trinajstić information content (AvgIpc) is 3.01. The summed E-state index contributed by atoms with van der Waals surface area (Å²) in [6.07, 6.45) is 4.50. The van der Waals surface area contributed by atoms with E-state index < -0.39 is 0 Å². The number of hydrogen-bond donors (Lipinski definition) is 2. The molecule has 1 spiro atoms. The lowest BCUT2D eigenvalue weighted by Crippen LogP contribution is -2.38. The molecule has 2 aliphatic rings. The molecule has 2 N–H and O–H groups in total. The highest BCUT2D eigenvalue weighted by molar-refractivity contribution is 5.82. The van der Waals surface area contributed by atoms with Gasteiger partial charge in [0.25, 0.3) is 0 Å². The Bertz CT molecular complexity index is 297. The first-order valence-electron chi connectivity index (χ1n) is 7.19. The largest absolute Gasteiger partial charge is 0.353 e. The maximum Gasteiger partial charge on any atom is 0.223 e. The first-order chi connectivity index (χ1) is 8.53. The summed E-state index contributed by atoms with van der Waals surface area (Å²) < 4.78 is 0. The molecule has 4 heteroatoms. The standard InChI is InChI=1S/C14H27N3O/c1-11(4-9-17(2)3)16-13(18)12-10-14(12)5-7-15-8-6-14/h11-12,15H,4-10H2,1-3H3,(H,16,18). The molecule has 2 atom stereocenters. The Balaban J connectivity index is 1.72. The van der Waals surface area contributed by atoms with Gasteiger partial charge in [0.15, 0.2) is 0 Å². The van der Waals surface area contributed by atoms with Crippen molar-refractivity contribution >= 4 is 5.91 Å². The van der Waals surface area contributed by atoms with Crippen molar-refractivity contribution in [1.82, 2.24) is 15.5 Å². The van der Waals surface area contributed by atoms with Crippen LogP contribution in [-0.4, -0.2) is 50.6 Å². The summed E-state index contributed by atoms with van der Waals surface area (Å²) in [5, 5.41) is 6.56. The Labute approximate surface area is 110 Å². The monoisotopic (exact) mass is 253 g/mol. The third-order valence-electron chi connectivity index (χ3n) is 4.50. The summed E-state index contributed by atoms with van der Waals surface area (Å²) >= 11 is 0. The van der Waals surface area contributed by atoms with Crippen molar-refractivity contribution in [3.63, 3.8) is 0 Å². The third-order valence-corrected chi connectivity index (χ3v) is 4.50. The summed E-state index contributed by atoms with van der Waals surface area (Å²) in [4.78, 5) is 14.3. The van der Waals surface area contributed by atoms with Crippen molar-refractivity contribution in [1.29, 1.82) is 0 Å². The Morgan fingerprint density at radius 2 is 2.11 bits per heavy atom. The lowest BCUT2D eigenvalue weighted by atomic mass is 9.91. The maximum absolute atomic E-state index is 12.2. The molecule has 1 saturated heterocycles. The number of amides is 1. The molecule has 104 valence electrons. The van der Waals surface area contributed by atoms with Crippen molar-refractivity contribution in [2.75, 3.05) is 33.7 Å². The fourth-order valence-electron chi connectivity index (χ4n) is 3.06. The van der Waals surface area contributed by atoms with Crippen LogP contribution in [0.25, 0.3) is 0 Å². The average molecular weight is 253 g/mol. The highest BCUT2D eigenvalue weighted by Gasteiger charge is 2.57. The molecule has 0 aromatic rings. The molecule has 2 unspecified atom stereocenters. The second kappa shape index (κ2) is 5.57. The van der Waals surface area contributed by atoms with Gasteiger partial charge in [-0.05, 0) is 71.8 Å². The fourth-order valence-corrected chi connectivity index (χ4v) is 3.06. The highest BCUT2D eigenvalue weighted by Crippen LogP contribution is 2.58. The van der Waals surface area contributed by atoms with Crippen molar-refractivity contribution in [2.24, 2.45) is 11.3 Å². The fraction of sp³-hybridized carbons (Fsp3) is 0.929. The molecule has 1 amide bonds. The molecule has 1 heterocycles. The van der Waals surface area contributed by atoms with Crippen LogP contribution in [0.4, 0.5) is 0 Å². The number of nitrogens with zero attached hydrogens (tertiary/aromatic N) is 1. The quantitative estimate of drug-likeness (QED) is 0.763. The van der Waals surface area contributed by atoms with E-state index in [1.807, 2.05) is 0 Å². The Morgan fingerprint density at radius 3 is 2.72 bits per heavy atom. The molecule has 0 bridgehead atoms. The Hall–Kier alpha value is -0.610. The van der Waals surface area contributed by atoms with Gasteiger partial charge < -0.3 is 15.5 Å². The van der Waals surface area contributed by atoms with E-state index in [2.05, 4.69) is 36.6 Å². The minimum atomic E-state index is 0.291. The molecule has 4 nitrogen and oxygen atoms in total. The number of carbonyl (C=O) groups is 1. The van der Waals surface area contributed by atoms with Crippen LogP contribution in [0, 0.1) is 11.3 Å². The van der Waals surface area contributed by atoms with Crippen LogP contribution in [0.2, 0.25) is 0 Å². The number of hydrogen-bond acceptors (Lipinski definition) is 3. The van der Waals surface area contributed by atoms with Gasteiger partial charge in [0, 0.05) is 12.0 Å². The predicted molar refractivity (Wildman–Crippen MR) is 73.4 cm³/mol. The minimum Gasteiger partial charge on any atom is -0.353 e. The molecule has 2 fully saturated rings. The molecule has 1 aliphatic heterocycles. The van der Waals surface area contributed by atoms with E-state index in [-0.39, 0.29) is 0 Å². The lowest BCUT2D eigenvalue weighted by molar-refractivity contribution is -0.123. The molecule has 18 heavy (non-hydrogen) atoms. The van der Waals surface area contributed by atoms with Crippen LogP contribution in [0.5, 0.6) is 0 Å². The van der Waals surface area contributed by atoms with Crippen molar-refractivity contribution in [3.05, 3.63) is 0 Å². The topological polar surface area (TPSA) is 44.4 Å². The van der Waals surface area contributed by atoms with Crippen LogP contribution in [0.15, 0.2) is 0 Å². The first-order valence-corrected chi connectivity index (χ1v) is 7.19. The van der Waals surface area contributed by atoms with Gasteiger partial charge in [-0.1, -0.05) is 0 Å². The summed E-state index contributed by atoms with van der Waals surface area (Å²) in [7, 11) is 4.14. The van der Waals surface area contributed by atoms with Gasteiger partial charge in [0.2, 0.25) is 5.91 Å². The van der Waals surface area contributed by atoms with Gasteiger partial charge in [0.1, 0.15) is 0 Å². The van der Waals surface area contributed by atoms with E-state index >= 15 is 0 Å². The van der Waals surface area contributed by atoms with E-state index in [1.165, 1.54) is 12.8 Å². The molecular weight excluding hydrogens is 226 g/mol. The minimum absolute atomic E-state index is 0.291. The van der Waals surface area contributed by atoms with Crippen molar-refractivity contribution in [2.45, 2.75) is 38.6 Å². The predicted octanol–water partition coefficient (Wildman–Crippen LogP) is 0.833. The zero-order chi connectivity index (χ0) is 13.2. The van der Waals surface area contributed by atoms with E-state index in [0.717, 1.165) is 32.5 Å². The van der Waals surface area contributed by atoms with Gasteiger partial charge in [0.05, 0.1) is 0 Å². The second-order valence-electron chi connectivity index (χ2n) is 6.37. The maximum atomic E-state index is 12.2. The van der Waals surface area contributed by atoms with Crippen LogP contribution in [0.1, 0.15) is 32.6 Å². The van der Waals surface area contributed by atoms with Gasteiger partial charge in [-0.2, -0.15) is 0 Å². The lowest BCUT2D eigenvalue weighted by Gasteiger charge is -2.24. The number of rotatable bonds is 5. The zero-order valence-electron chi connectivity index (χ0n) is 12.0. The van der Waals surface area contributed by atoms with Crippen LogP contribution >= 0.6 is 0 Å². The molecule has 0 radical (unpaired) electrons. The molecule has 1 aliphatic carbocycles. The first kappa shape index (κ1) is 13.8. The van der Waals surface area contributed by atoms with Gasteiger partial charge in [-0.25, -0.2) is 0 Å². The summed E-state index contributed by atoms with van der Waals surface area (Å²) in [5.41, 5.74) is 0.358. The van der Waals surface area contributed by atoms with E-state index in [9.17, 15) is 4.79 Å². The molecular formula is C14H27N3O. The molecule has 0 aromatic carbocycles. The van der Waals surface area contributed by atoms with Crippen LogP contribution in [-0.2, 0) is 4.79 Å². The van der Waals surface area contributed by atoms with Crippen molar-refractivity contribution < 1.29 is 4.79 Å². The van der Waals surface area contributed by atoms with Gasteiger partial charge >= 0.3 is 0 Å². The number of piperidine rings is 1. The summed E-state index contributed by atoms with van der Waals surface area (Å²) in [5.74, 6) is 0.588. The second-order valence-corrected chi connectivity index (χ2v) is 6.37. The number of nitrogens with one attached hydrogen (secondary N) is 2. The summed E-state index contributed by atoms with van der Waals surface area (Å²) in [6.45, 7) is 5.31. The molecule has 0 aromatic heterocycles. The van der Waals surface area contributed by atoms with Gasteiger partial charge in [-0.3, -0.25) is 4.79 Å². The molecule has 2 rings (SSSR count). The zero-order valence-corrected chi connectivity index (χ0v) is 12.0. The number of carbonyl (C=O) groups excluding carboxylic acids is 1. The van der Waals surface area contributed by atoms with E-state index in [1.54, 1.807) is 0 Å². The normalized spacial score (nSPS) is 27.2. The van der Waals surface area contributed by atoms with Crippen LogP contribution in [0.3, 0.4) is 0 Å². The van der Waals surface area contributed by atoms with Gasteiger partial charge in [-0.15, -0.1) is 0 Å². The van der Waals surface area contributed by atoms with E-state index in [0.29, 0.717) is 23.3 Å². The smallest absolute Gasteiger partial charge is 0.223 e. The highest BCUT2D eigenvalue weighted by atomic mass is 16.2. The SMILES string of the molecule is CC(CCN(C)C)NC(=O)C1CC12CCNCC2. The Kier molecular flexibility index (Phi) is 4.28. The third kappa shape index (κ3) is 3.23. The summed E-state index contributed by atoms with van der Waals surface area (Å²) in [6, 6.07) is 0.291.